The van der Waals surface area contributed by atoms with Crippen LogP contribution in [-0.2, 0) is 4.79 Å². The molecule has 0 radical (unpaired) electrons. The maximum atomic E-state index is 11.6. The lowest BCUT2D eigenvalue weighted by atomic mass is 10.00. The molecule has 0 fully saturated rings. The first kappa shape index (κ1) is 10.4. The van der Waals surface area contributed by atoms with Gasteiger partial charge in [-0.1, -0.05) is 12.1 Å². The van der Waals surface area contributed by atoms with Crippen molar-refractivity contribution in [1.82, 2.24) is 0 Å². The number of ketones is 2. The van der Waals surface area contributed by atoms with Crippen molar-refractivity contribution < 1.29 is 9.59 Å². The molecule has 0 atom stereocenters. The molecule has 2 N–H and O–H groups in total. The predicted molar refractivity (Wildman–Crippen MR) is 55.2 cm³/mol. The van der Waals surface area contributed by atoms with Crippen LogP contribution >= 0.6 is 0 Å². The summed E-state index contributed by atoms with van der Waals surface area (Å²) in [6.07, 6.45) is -0.0744. The van der Waals surface area contributed by atoms with E-state index in [1.54, 1.807) is 12.1 Å². The number of carbonyl (C=O) groups is 2. The monoisotopic (exact) mass is 191 g/mol. The van der Waals surface area contributed by atoms with Crippen LogP contribution in [0.25, 0.3) is 0 Å². The Morgan fingerprint density at radius 3 is 2.50 bits per heavy atom. The van der Waals surface area contributed by atoms with Crippen LogP contribution in [0.2, 0.25) is 0 Å². The summed E-state index contributed by atoms with van der Waals surface area (Å²) in [6.45, 7) is 3.20. The first-order valence-corrected chi connectivity index (χ1v) is 4.40. The number of nitrogen functional groups attached to an aromatic ring is 1. The number of hydrogen-bond donors (Lipinski definition) is 1. The lowest BCUT2D eigenvalue weighted by Crippen LogP contribution is -2.09. The molecule has 0 saturated carbocycles. The molecule has 74 valence electrons. The zero-order valence-corrected chi connectivity index (χ0v) is 8.33. The first-order valence-electron chi connectivity index (χ1n) is 4.40. The lowest BCUT2D eigenvalue weighted by molar-refractivity contribution is -0.116. The van der Waals surface area contributed by atoms with E-state index in [4.69, 9.17) is 5.73 Å². The largest absolute Gasteiger partial charge is 0.398 e. The van der Waals surface area contributed by atoms with Crippen LogP contribution in [0, 0.1) is 6.92 Å². The van der Waals surface area contributed by atoms with Gasteiger partial charge < -0.3 is 5.73 Å². The zero-order valence-electron chi connectivity index (χ0n) is 8.33. The Morgan fingerprint density at radius 2 is 2.00 bits per heavy atom. The fourth-order valence-electron chi connectivity index (χ4n) is 1.39. The van der Waals surface area contributed by atoms with Crippen LogP contribution in [-0.4, -0.2) is 11.6 Å². The minimum absolute atomic E-state index is 0.0744. The molecule has 0 saturated heterocycles. The molecule has 0 bridgehead atoms. The average molecular weight is 191 g/mol. The molecule has 0 amide bonds. The van der Waals surface area contributed by atoms with Crippen molar-refractivity contribution in [3.63, 3.8) is 0 Å². The Balaban J connectivity index is 3.06. The van der Waals surface area contributed by atoms with E-state index in [0.717, 1.165) is 5.56 Å². The molecule has 0 heterocycles. The summed E-state index contributed by atoms with van der Waals surface area (Å²) in [7, 11) is 0. The second-order valence-electron chi connectivity index (χ2n) is 3.34. The van der Waals surface area contributed by atoms with Gasteiger partial charge in [0, 0.05) is 11.3 Å². The summed E-state index contributed by atoms with van der Waals surface area (Å²) in [5, 5.41) is 0. The van der Waals surface area contributed by atoms with Gasteiger partial charge in [0.2, 0.25) is 0 Å². The van der Waals surface area contributed by atoms with Crippen molar-refractivity contribution in [2.45, 2.75) is 20.3 Å². The maximum Gasteiger partial charge on any atom is 0.172 e. The van der Waals surface area contributed by atoms with Crippen molar-refractivity contribution in [2.24, 2.45) is 0 Å². The topological polar surface area (TPSA) is 60.2 Å². The van der Waals surface area contributed by atoms with Crippen molar-refractivity contribution in [1.29, 1.82) is 0 Å². The average Bonchev–Trinajstić information content (AvgIpc) is 2.01. The van der Waals surface area contributed by atoms with E-state index in [1.807, 2.05) is 13.0 Å². The minimum atomic E-state index is -0.201. The van der Waals surface area contributed by atoms with E-state index < -0.39 is 0 Å². The summed E-state index contributed by atoms with van der Waals surface area (Å²) in [5.74, 6) is -0.342. The number of Topliss-reactive ketones (excluding diaryl/α,β-unsaturated/α-hetero) is 2. The van der Waals surface area contributed by atoms with E-state index in [-0.39, 0.29) is 18.0 Å². The van der Waals surface area contributed by atoms with Crippen molar-refractivity contribution in [2.75, 3.05) is 5.73 Å². The van der Waals surface area contributed by atoms with E-state index >= 15 is 0 Å². The Bertz CT molecular complexity index is 363. The van der Waals surface area contributed by atoms with Gasteiger partial charge in [0.25, 0.3) is 0 Å². The van der Waals surface area contributed by atoms with Gasteiger partial charge in [-0.05, 0) is 25.5 Å². The second kappa shape index (κ2) is 4.05. The van der Waals surface area contributed by atoms with Gasteiger partial charge in [0.05, 0.1) is 6.42 Å². The highest BCUT2D eigenvalue weighted by molar-refractivity contribution is 6.10. The Hall–Kier alpha value is -1.64. The summed E-state index contributed by atoms with van der Waals surface area (Å²) < 4.78 is 0. The van der Waals surface area contributed by atoms with Gasteiger partial charge in [-0.3, -0.25) is 9.59 Å². The summed E-state index contributed by atoms with van der Waals surface area (Å²) in [4.78, 5) is 22.4. The molecular weight excluding hydrogens is 178 g/mol. The Kier molecular flexibility index (Phi) is 3.02. The molecule has 0 aromatic heterocycles. The number of benzene rings is 1. The highest BCUT2D eigenvalue weighted by Gasteiger charge is 2.13. The van der Waals surface area contributed by atoms with Crippen molar-refractivity contribution in [3.05, 3.63) is 29.3 Å². The molecule has 1 aromatic carbocycles. The minimum Gasteiger partial charge on any atom is -0.398 e. The number of anilines is 1. The second-order valence-corrected chi connectivity index (χ2v) is 3.34. The molecule has 3 nitrogen and oxygen atoms in total. The van der Waals surface area contributed by atoms with Gasteiger partial charge in [-0.2, -0.15) is 0 Å². The van der Waals surface area contributed by atoms with E-state index in [2.05, 4.69) is 0 Å². The van der Waals surface area contributed by atoms with Gasteiger partial charge in [-0.15, -0.1) is 0 Å². The molecule has 0 aliphatic carbocycles. The molecular formula is C11H13NO2. The molecule has 14 heavy (non-hydrogen) atoms. The summed E-state index contributed by atoms with van der Waals surface area (Å²) in [6, 6.07) is 5.26. The molecule has 0 unspecified atom stereocenters. The fraction of sp³-hybridized carbons (Fsp3) is 0.273. The zero-order chi connectivity index (χ0) is 10.7. The van der Waals surface area contributed by atoms with E-state index in [9.17, 15) is 9.59 Å². The van der Waals surface area contributed by atoms with Crippen molar-refractivity contribution in [3.8, 4) is 0 Å². The molecule has 1 rings (SSSR count). The van der Waals surface area contributed by atoms with Gasteiger partial charge in [0.1, 0.15) is 5.78 Å². The number of rotatable bonds is 3. The number of carbonyl (C=O) groups excluding carboxylic acids is 2. The van der Waals surface area contributed by atoms with Crippen LogP contribution in [0.3, 0.4) is 0 Å². The molecule has 0 aliphatic heterocycles. The molecule has 3 heteroatoms. The highest BCUT2D eigenvalue weighted by Crippen LogP contribution is 2.18. The number of hydrogen-bond acceptors (Lipinski definition) is 3. The SMILES string of the molecule is CC(=O)CC(=O)c1c(C)cccc1N. The Morgan fingerprint density at radius 1 is 1.36 bits per heavy atom. The highest BCUT2D eigenvalue weighted by atomic mass is 16.1. The number of aryl methyl sites for hydroxylation is 1. The van der Waals surface area contributed by atoms with Gasteiger partial charge >= 0.3 is 0 Å². The van der Waals surface area contributed by atoms with Crippen LogP contribution in [0.15, 0.2) is 18.2 Å². The van der Waals surface area contributed by atoms with Crippen LogP contribution < -0.4 is 5.73 Å². The van der Waals surface area contributed by atoms with Crippen molar-refractivity contribution >= 4 is 17.3 Å². The quantitative estimate of drug-likeness (QED) is 0.449. The lowest BCUT2D eigenvalue weighted by Gasteiger charge is -2.06. The summed E-state index contributed by atoms with van der Waals surface area (Å²) >= 11 is 0. The molecule has 0 spiro atoms. The maximum absolute atomic E-state index is 11.6. The predicted octanol–water partition coefficient (Wildman–Crippen LogP) is 1.74. The normalized spacial score (nSPS) is 9.86. The standard InChI is InChI=1S/C11H13NO2/c1-7-4-3-5-9(12)11(7)10(14)6-8(2)13/h3-5H,6,12H2,1-2H3. The molecule has 0 aliphatic rings. The summed E-state index contributed by atoms with van der Waals surface area (Å²) in [5.41, 5.74) is 7.40. The Labute approximate surface area is 82.9 Å². The fourth-order valence-corrected chi connectivity index (χ4v) is 1.39. The smallest absolute Gasteiger partial charge is 0.172 e. The third-order valence-electron chi connectivity index (χ3n) is 1.99. The first-order chi connectivity index (χ1) is 6.52. The molecule has 1 aromatic rings. The van der Waals surface area contributed by atoms with E-state index in [1.165, 1.54) is 6.92 Å². The third-order valence-corrected chi connectivity index (χ3v) is 1.99. The van der Waals surface area contributed by atoms with Gasteiger partial charge in [0.15, 0.2) is 5.78 Å². The van der Waals surface area contributed by atoms with Gasteiger partial charge in [-0.25, -0.2) is 0 Å². The number of nitrogens with two attached hydrogens (primary N) is 1. The van der Waals surface area contributed by atoms with E-state index in [0.29, 0.717) is 11.3 Å². The van der Waals surface area contributed by atoms with Crippen LogP contribution in [0.4, 0.5) is 5.69 Å². The van der Waals surface area contributed by atoms with Crippen LogP contribution in [0.5, 0.6) is 0 Å². The van der Waals surface area contributed by atoms with Crippen LogP contribution in [0.1, 0.15) is 29.3 Å². The third kappa shape index (κ3) is 2.19.